The van der Waals surface area contributed by atoms with Crippen LogP contribution in [-0.4, -0.2) is 193 Å². The Labute approximate surface area is 559 Å². The fraction of sp³-hybridized carbons (Fsp3) is 0.824. The van der Waals surface area contributed by atoms with Crippen LogP contribution in [0.4, 0.5) is 0 Å². The summed E-state index contributed by atoms with van der Waals surface area (Å²) in [6.45, 7) is 1.70. The van der Waals surface area contributed by atoms with Gasteiger partial charge in [-0.05, 0) is 83.5 Å². The maximum Gasteiger partial charge on any atom is 0.220 e. The van der Waals surface area contributed by atoms with Crippen molar-refractivity contribution in [3.8, 4) is 0 Å². The van der Waals surface area contributed by atoms with Crippen molar-refractivity contribution in [2.45, 2.75) is 362 Å². The van der Waals surface area contributed by atoms with Gasteiger partial charge in [-0.2, -0.15) is 0 Å². The van der Waals surface area contributed by atoms with Crippen LogP contribution in [0.5, 0.6) is 0 Å². The molecule has 3 aliphatic rings. The van der Waals surface area contributed by atoms with Gasteiger partial charge in [0.05, 0.1) is 38.6 Å². The summed E-state index contributed by atoms with van der Waals surface area (Å²) in [6.07, 6.45) is 43.1. The zero-order valence-corrected chi connectivity index (χ0v) is 57.2. The largest absolute Gasteiger partial charge is 0.394 e. The Morgan fingerprint density at radius 2 is 0.720 bits per heavy atom. The van der Waals surface area contributed by atoms with Crippen molar-refractivity contribution in [2.75, 3.05) is 26.4 Å². The van der Waals surface area contributed by atoms with Crippen molar-refractivity contribution in [3.63, 3.8) is 0 Å². The van der Waals surface area contributed by atoms with Gasteiger partial charge in [0.1, 0.15) is 73.2 Å². The van der Waals surface area contributed by atoms with E-state index in [0.717, 1.165) is 57.8 Å². The summed E-state index contributed by atoms with van der Waals surface area (Å²) in [5.41, 5.74) is 0. The number of hydrogen-bond donors (Lipinski definition) is 12. The molecule has 3 fully saturated rings. The van der Waals surface area contributed by atoms with Crippen molar-refractivity contribution in [1.29, 1.82) is 0 Å². The molecule has 0 spiro atoms. The molecule has 93 heavy (non-hydrogen) atoms. The number of ether oxygens (including phenoxy) is 6. The zero-order chi connectivity index (χ0) is 67.5. The number of nitrogens with one attached hydrogen (secondary N) is 1. The highest BCUT2D eigenvalue weighted by atomic mass is 16.8. The molecule has 3 saturated heterocycles. The van der Waals surface area contributed by atoms with E-state index < -0.39 is 124 Å². The van der Waals surface area contributed by atoms with Crippen molar-refractivity contribution in [3.05, 3.63) is 72.9 Å². The third kappa shape index (κ3) is 36.6. The number of unbranched alkanes of at least 4 members (excludes halogenated alkanes) is 30. The first kappa shape index (κ1) is 84.5. The number of aliphatic hydroxyl groups excluding tert-OH is 11. The second-order valence-corrected chi connectivity index (χ2v) is 26.0. The number of allylic oxidation sites excluding steroid dienone is 11. The van der Waals surface area contributed by atoms with Crippen molar-refractivity contribution in [2.24, 2.45) is 0 Å². The van der Waals surface area contributed by atoms with Crippen molar-refractivity contribution >= 4 is 5.91 Å². The minimum absolute atomic E-state index is 0.229. The molecule has 0 bridgehead atoms. The van der Waals surface area contributed by atoms with Gasteiger partial charge in [-0.1, -0.05) is 241 Å². The zero-order valence-electron chi connectivity index (χ0n) is 57.2. The number of aliphatic hydroxyl groups is 11. The molecule has 3 rings (SSSR count). The highest BCUT2D eigenvalue weighted by molar-refractivity contribution is 5.76. The summed E-state index contributed by atoms with van der Waals surface area (Å²) in [7, 11) is 0. The summed E-state index contributed by atoms with van der Waals surface area (Å²) in [5.74, 6) is -0.291. The van der Waals surface area contributed by atoms with Gasteiger partial charge in [0.25, 0.3) is 0 Å². The van der Waals surface area contributed by atoms with Gasteiger partial charge in [0.15, 0.2) is 18.9 Å². The summed E-state index contributed by atoms with van der Waals surface area (Å²) in [6, 6.07) is -1.00. The molecule has 0 aromatic rings. The molecule has 3 heterocycles. The topological polar surface area (TPSA) is 307 Å². The van der Waals surface area contributed by atoms with Crippen molar-refractivity contribution < 1.29 is 89.4 Å². The molecule has 0 saturated carbocycles. The first-order valence-electron chi connectivity index (χ1n) is 36.7. The van der Waals surface area contributed by atoms with Gasteiger partial charge in [-0.15, -0.1) is 0 Å². The average Bonchev–Trinajstić information content (AvgIpc) is 1.00. The van der Waals surface area contributed by atoms with Gasteiger partial charge in [-0.3, -0.25) is 4.79 Å². The minimum atomic E-state index is -1.98. The Hall–Kier alpha value is -2.77. The molecule has 19 nitrogen and oxygen atoms in total. The Balaban J connectivity index is 1.42. The molecule has 12 N–H and O–H groups in total. The quantitative estimate of drug-likeness (QED) is 0.0199. The Morgan fingerprint density at radius 1 is 0.387 bits per heavy atom. The lowest BCUT2D eigenvalue weighted by molar-refractivity contribution is -0.379. The van der Waals surface area contributed by atoms with Gasteiger partial charge in [-0.25, -0.2) is 0 Å². The first-order valence-corrected chi connectivity index (χ1v) is 36.7. The van der Waals surface area contributed by atoms with Crippen LogP contribution in [0.1, 0.15) is 258 Å². The monoisotopic (exact) mass is 1320 g/mol. The SMILES string of the molecule is CCCCCCC/C=C\C/C=C\C/C=C\CCCCCCCCCCCCCCCCC(=O)NC(COC1OC(CO)C(OC2OC(CO)C(OC3OC(CO)C(O)C(O)C3O)C(O)C2O)C(O)C1O)C(O)/C=C/CC/C=C/CC/C=C/CCCCCCCCCCC. The van der Waals surface area contributed by atoms with E-state index in [2.05, 4.69) is 79.9 Å². The van der Waals surface area contributed by atoms with Crippen LogP contribution in [0.25, 0.3) is 0 Å². The molecule has 19 heteroatoms. The molecule has 0 aliphatic carbocycles. The van der Waals surface area contributed by atoms with E-state index in [0.29, 0.717) is 12.8 Å². The van der Waals surface area contributed by atoms with Gasteiger partial charge >= 0.3 is 0 Å². The van der Waals surface area contributed by atoms with Crippen LogP contribution in [0.2, 0.25) is 0 Å². The molecule has 17 unspecified atom stereocenters. The predicted molar refractivity (Wildman–Crippen MR) is 365 cm³/mol. The highest BCUT2D eigenvalue weighted by Gasteiger charge is 2.53. The lowest BCUT2D eigenvalue weighted by atomic mass is 9.96. The van der Waals surface area contributed by atoms with E-state index in [-0.39, 0.29) is 18.9 Å². The highest BCUT2D eigenvalue weighted by Crippen LogP contribution is 2.33. The number of amides is 1. The Bertz CT molecular complexity index is 1970. The van der Waals surface area contributed by atoms with Gasteiger partial charge in [0, 0.05) is 6.42 Å². The van der Waals surface area contributed by atoms with Crippen LogP contribution in [0.3, 0.4) is 0 Å². The fourth-order valence-electron chi connectivity index (χ4n) is 12.0. The Kier molecular flexibility index (Phi) is 50.1. The lowest BCUT2D eigenvalue weighted by Crippen LogP contribution is -2.66. The summed E-state index contributed by atoms with van der Waals surface area (Å²) in [4.78, 5) is 13.4. The number of carbonyl (C=O) groups excluding carboxylic acids is 1. The Morgan fingerprint density at radius 3 is 1.15 bits per heavy atom. The molecule has 540 valence electrons. The second-order valence-electron chi connectivity index (χ2n) is 26.0. The third-order valence-corrected chi connectivity index (χ3v) is 18.0. The molecular weight excluding hydrogens is 1190 g/mol. The summed E-state index contributed by atoms with van der Waals surface area (Å²) in [5, 5.41) is 121. The van der Waals surface area contributed by atoms with E-state index in [9.17, 15) is 61.0 Å². The van der Waals surface area contributed by atoms with E-state index in [1.54, 1.807) is 6.08 Å². The maximum atomic E-state index is 13.4. The number of rotatable bonds is 56. The van der Waals surface area contributed by atoms with Crippen LogP contribution in [0.15, 0.2) is 72.9 Å². The van der Waals surface area contributed by atoms with Crippen LogP contribution < -0.4 is 5.32 Å². The van der Waals surface area contributed by atoms with Crippen molar-refractivity contribution in [1.82, 2.24) is 5.32 Å². The minimum Gasteiger partial charge on any atom is -0.394 e. The summed E-state index contributed by atoms with van der Waals surface area (Å²) >= 11 is 0. The van der Waals surface area contributed by atoms with E-state index in [4.69, 9.17) is 28.4 Å². The fourth-order valence-corrected chi connectivity index (χ4v) is 12.0. The average molecular weight is 1320 g/mol. The van der Waals surface area contributed by atoms with E-state index in [1.807, 2.05) is 6.08 Å². The first-order chi connectivity index (χ1) is 45.3. The lowest BCUT2D eigenvalue weighted by Gasteiger charge is -2.48. The number of hydrogen-bond acceptors (Lipinski definition) is 18. The smallest absolute Gasteiger partial charge is 0.220 e. The predicted octanol–water partition coefficient (Wildman–Crippen LogP) is 10.5. The molecular formula is C74H131NO18. The van der Waals surface area contributed by atoms with Gasteiger partial charge in [0.2, 0.25) is 5.91 Å². The van der Waals surface area contributed by atoms with E-state index in [1.165, 1.54) is 167 Å². The summed E-state index contributed by atoms with van der Waals surface area (Å²) < 4.78 is 34.3. The third-order valence-electron chi connectivity index (χ3n) is 18.0. The van der Waals surface area contributed by atoms with Gasteiger partial charge < -0.3 is 89.9 Å². The second kappa shape index (κ2) is 55.1. The molecule has 1 amide bonds. The molecule has 3 aliphatic heterocycles. The molecule has 0 radical (unpaired) electrons. The van der Waals surface area contributed by atoms with Crippen LogP contribution in [-0.2, 0) is 33.2 Å². The number of carbonyl (C=O) groups is 1. The standard InChI is InChI=1S/C74H131NO18/c1-3-5-7-9-11-13-15-17-19-21-23-24-25-26-27-28-29-30-31-32-34-36-38-40-42-44-46-48-50-52-62(80)75-57(58(79)51-49-47-45-43-41-39-37-35-33-22-20-18-16-14-12-10-8-6-4-2)56-88-72-68(86)65(83)70(60(54-77)90-72)93-74-69(87)66(84)71(61(55-78)91-74)92-73-67(85)64(82)63(81)59(53-76)89-73/h15,17,21,23,25-26,33,35,41,43,49,51,57-61,63-74,76-79,81-87H,3-14,16,18-20,22,24,27-32,34,36-40,42,44-48,50,52-56H2,1-2H3,(H,75,80)/b17-15-,23-21-,26-25-,35-33+,43-41+,51-49+. The molecule has 0 aromatic heterocycles. The van der Waals surface area contributed by atoms with Crippen LogP contribution >= 0.6 is 0 Å². The normalized spacial score (nSPS) is 27.9. The van der Waals surface area contributed by atoms with E-state index >= 15 is 0 Å². The van der Waals surface area contributed by atoms with Crippen LogP contribution in [0, 0.1) is 0 Å². The molecule has 17 atom stereocenters. The maximum absolute atomic E-state index is 13.4. The molecule has 0 aromatic carbocycles.